The maximum absolute atomic E-state index is 11.6. The molecule has 1 amide bonds. The highest BCUT2D eigenvalue weighted by molar-refractivity contribution is 5.82. The van der Waals surface area contributed by atoms with Crippen LogP contribution in [-0.2, 0) is 22.6 Å². The van der Waals surface area contributed by atoms with Crippen molar-refractivity contribution in [2.45, 2.75) is 26.2 Å². The van der Waals surface area contributed by atoms with Crippen LogP contribution in [0.15, 0.2) is 54.6 Å². The molecule has 1 heterocycles. The highest BCUT2D eigenvalue weighted by Crippen LogP contribution is 2.50. The number of hydrogen-bond donors (Lipinski definition) is 2. The van der Waals surface area contributed by atoms with Gasteiger partial charge in [0.2, 0.25) is 5.91 Å². The molecule has 0 spiro atoms. The van der Waals surface area contributed by atoms with Crippen LogP contribution < -0.4 is 10.5 Å². The molecule has 1 aromatic heterocycles. The fourth-order valence-electron chi connectivity index (χ4n) is 4.28. The van der Waals surface area contributed by atoms with Crippen LogP contribution in [0.4, 0.5) is 0 Å². The third kappa shape index (κ3) is 4.15. The Hall–Kier alpha value is -2.96. The first kappa shape index (κ1) is 20.3. The lowest BCUT2D eigenvalue weighted by Gasteiger charge is -2.11. The van der Waals surface area contributed by atoms with Gasteiger partial charge in [-0.1, -0.05) is 30.3 Å². The molecule has 6 nitrogen and oxygen atoms in total. The Morgan fingerprint density at radius 3 is 2.63 bits per heavy atom. The van der Waals surface area contributed by atoms with Gasteiger partial charge in [0.15, 0.2) is 6.29 Å². The summed E-state index contributed by atoms with van der Waals surface area (Å²) < 4.78 is 11.0. The predicted molar refractivity (Wildman–Crippen MR) is 114 cm³/mol. The molecular weight excluding hydrogens is 380 g/mol. The van der Waals surface area contributed by atoms with E-state index in [2.05, 4.69) is 17.1 Å². The fourth-order valence-corrected chi connectivity index (χ4v) is 4.28. The Morgan fingerprint density at radius 2 is 1.93 bits per heavy atom. The smallest absolute Gasteiger partial charge is 0.221 e. The summed E-state index contributed by atoms with van der Waals surface area (Å²) in [6.45, 7) is 2.44. The second-order valence-corrected chi connectivity index (χ2v) is 7.87. The van der Waals surface area contributed by atoms with Crippen molar-refractivity contribution in [2.24, 2.45) is 23.5 Å². The van der Waals surface area contributed by atoms with Gasteiger partial charge in [-0.25, -0.2) is 0 Å². The number of pyridine rings is 1. The largest absolute Gasteiger partial charge is 0.489 e. The van der Waals surface area contributed by atoms with Gasteiger partial charge in [0.25, 0.3) is 0 Å². The zero-order valence-corrected chi connectivity index (χ0v) is 17.1. The number of aryl methyl sites for hydroxylation is 1. The van der Waals surface area contributed by atoms with Crippen molar-refractivity contribution in [1.82, 2.24) is 4.98 Å². The number of carbonyl (C=O) groups is 1. The van der Waals surface area contributed by atoms with E-state index in [1.807, 2.05) is 49.4 Å². The zero-order valence-electron chi connectivity index (χ0n) is 17.1. The first-order chi connectivity index (χ1) is 14.5. The van der Waals surface area contributed by atoms with Crippen LogP contribution in [-0.4, -0.2) is 29.4 Å². The minimum absolute atomic E-state index is 0.00428. The molecule has 4 atom stereocenters. The van der Waals surface area contributed by atoms with E-state index in [9.17, 15) is 9.90 Å². The Kier molecular flexibility index (Phi) is 5.70. The number of nitrogens with two attached hydrogens (primary N) is 1. The molecule has 0 radical (unpaired) electrons. The van der Waals surface area contributed by atoms with E-state index < -0.39 is 6.29 Å². The average molecular weight is 406 g/mol. The van der Waals surface area contributed by atoms with Crippen molar-refractivity contribution < 1.29 is 19.4 Å². The van der Waals surface area contributed by atoms with Gasteiger partial charge in [0.1, 0.15) is 12.4 Å². The average Bonchev–Trinajstić information content (AvgIpc) is 3.46. The molecule has 1 aliphatic carbocycles. The van der Waals surface area contributed by atoms with Crippen molar-refractivity contribution in [3.63, 3.8) is 0 Å². The van der Waals surface area contributed by atoms with E-state index in [-0.39, 0.29) is 23.7 Å². The van der Waals surface area contributed by atoms with E-state index in [0.29, 0.717) is 13.0 Å². The fraction of sp³-hybridized carbons (Fsp3) is 0.333. The number of primary amides is 1. The monoisotopic (exact) mass is 406 g/mol. The predicted octanol–water partition coefficient (Wildman–Crippen LogP) is 2.98. The minimum Gasteiger partial charge on any atom is -0.489 e. The molecule has 1 saturated carbocycles. The van der Waals surface area contributed by atoms with Gasteiger partial charge in [0, 0.05) is 35.6 Å². The van der Waals surface area contributed by atoms with Gasteiger partial charge < -0.3 is 20.3 Å². The highest BCUT2D eigenvalue weighted by atomic mass is 16.6. The molecule has 6 heteroatoms. The van der Waals surface area contributed by atoms with Gasteiger partial charge in [-0.3, -0.25) is 9.78 Å². The van der Waals surface area contributed by atoms with Crippen molar-refractivity contribution in [3.8, 4) is 5.75 Å². The van der Waals surface area contributed by atoms with Crippen molar-refractivity contribution >= 4 is 16.8 Å². The van der Waals surface area contributed by atoms with Crippen LogP contribution in [0.25, 0.3) is 10.9 Å². The summed E-state index contributed by atoms with van der Waals surface area (Å²) in [5.41, 5.74) is 9.55. The van der Waals surface area contributed by atoms with Crippen molar-refractivity contribution in [1.29, 1.82) is 0 Å². The SMILES string of the molecule is CO[C@H](O)C1[C@@H](Cc2ccc(OCc3cc(C)nc4ccccc34)cc2)[C@H]1C(N)=O. The number of amides is 1. The number of methoxy groups -OCH3 is 1. The van der Waals surface area contributed by atoms with Gasteiger partial charge in [0.05, 0.1) is 5.52 Å². The molecule has 30 heavy (non-hydrogen) atoms. The molecule has 1 aliphatic rings. The maximum Gasteiger partial charge on any atom is 0.221 e. The number of hydrogen-bond acceptors (Lipinski definition) is 5. The van der Waals surface area contributed by atoms with E-state index in [1.165, 1.54) is 7.11 Å². The lowest BCUT2D eigenvalue weighted by atomic mass is 10.1. The summed E-state index contributed by atoms with van der Waals surface area (Å²) in [7, 11) is 1.43. The molecular formula is C24H26N2O4. The summed E-state index contributed by atoms with van der Waals surface area (Å²) in [4.78, 5) is 16.2. The standard InChI is InChI=1S/C24H26N2O4/c1-14-11-16(18-5-3-4-6-20(18)26-14)13-30-17-9-7-15(8-10-17)12-19-21(23(25)27)22(19)24(28)29-2/h3-11,19,21-22,24,28H,12-13H2,1-2H3,(H2,25,27)/t19-,21+,22?,24-/m0/s1. The first-order valence-electron chi connectivity index (χ1n) is 10.0. The molecule has 3 aromatic rings. The normalized spacial score (nSPS) is 21.4. The van der Waals surface area contributed by atoms with E-state index in [4.69, 9.17) is 15.2 Å². The first-order valence-corrected chi connectivity index (χ1v) is 10.0. The molecule has 156 valence electrons. The second kappa shape index (κ2) is 8.42. The Balaban J connectivity index is 1.41. The Morgan fingerprint density at radius 1 is 1.20 bits per heavy atom. The van der Waals surface area contributed by atoms with E-state index >= 15 is 0 Å². The van der Waals surface area contributed by atoms with E-state index in [1.54, 1.807) is 0 Å². The van der Waals surface area contributed by atoms with Crippen molar-refractivity contribution in [3.05, 3.63) is 71.4 Å². The van der Waals surface area contributed by atoms with Crippen LogP contribution in [0.3, 0.4) is 0 Å². The second-order valence-electron chi connectivity index (χ2n) is 7.87. The highest BCUT2D eigenvalue weighted by Gasteiger charge is 2.57. The maximum atomic E-state index is 11.6. The molecule has 0 saturated heterocycles. The number of benzene rings is 2. The minimum atomic E-state index is -0.964. The van der Waals surface area contributed by atoms with E-state index in [0.717, 1.165) is 33.5 Å². The lowest BCUT2D eigenvalue weighted by molar-refractivity contribution is -0.123. The molecule has 4 rings (SSSR count). The number of ether oxygens (including phenoxy) is 2. The number of carbonyl (C=O) groups excluding carboxylic acids is 1. The summed E-state index contributed by atoms with van der Waals surface area (Å²) in [5.74, 6) is -0.213. The summed E-state index contributed by atoms with van der Waals surface area (Å²) >= 11 is 0. The van der Waals surface area contributed by atoms with Crippen LogP contribution in [0.5, 0.6) is 5.75 Å². The molecule has 0 bridgehead atoms. The van der Waals surface area contributed by atoms with Gasteiger partial charge in [-0.05, 0) is 49.1 Å². The van der Waals surface area contributed by atoms with Crippen LogP contribution in [0.2, 0.25) is 0 Å². The molecule has 0 aliphatic heterocycles. The number of para-hydroxylation sites is 1. The van der Waals surface area contributed by atoms with Gasteiger partial charge in [-0.2, -0.15) is 0 Å². The Bertz CT molecular complexity index is 1050. The van der Waals surface area contributed by atoms with Crippen LogP contribution in [0.1, 0.15) is 16.8 Å². The number of aromatic nitrogens is 1. The molecule has 3 N–H and O–H groups in total. The number of aliphatic hydroxyl groups excluding tert-OH is 1. The molecule has 2 aromatic carbocycles. The lowest BCUT2D eigenvalue weighted by Crippen LogP contribution is -2.19. The number of fused-ring (bicyclic) bond motifs is 1. The third-order valence-electron chi connectivity index (χ3n) is 5.85. The van der Waals surface area contributed by atoms with Gasteiger partial charge in [-0.15, -0.1) is 0 Å². The zero-order chi connectivity index (χ0) is 21.3. The Labute approximate surface area is 175 Å². The summed E-state index contributed by atoms with van der Waals surface area (Å²) in [6.07, 6.45) is -0.304. The number of nitrogens with zero attached hydrogens (tertiary/aromatic N) is 1. The third-order valence-corrected chi connectivity index (χ3v) is 5.85. The van der Waals surface area contributed by atoms with Gasteiger partial charge >= 0.3 is 0 Å². The quantitative estimate of drug-likeness (QED) is 0.561. The summed E-state index contributed by atoms with van der Waals surface area (Å²) in [6, 6.07) is 17.9. The van der Waals surface area contributed by atoms with Crippen molar-refractivity contribution in [2.75, 3.05) is 7.11 Å². The number of aliphatic hydroxyl groups is 1. The topological polar surface area (TPSA) is 94.7 Å². The summed E-state index contributed by atoms with van der Waals surface area (Å²) in [5, 5.41) is 11.0. The molecule has 1 fully saturated rings. The number of rotatable bonds is 8. The van der Waals surface area contributed by atoms with Crippen LogP contribution in [0, 0.1) is 24.7 Å². The van der Waals surface area contributed by atoms with Crippen LogP contribution >= 0.6 is 0 Å². The molecule has 1 unspecified atom stereocenters.